The van der Waals surface area contributed by atoms with Crippen LogP contribution in [0.15, 0.2) is 24.3 Å². The van der Waals surface area contributed by atoms with E-state index in [1.165, 1.54) is 0 Å². The van der Waals surface area contributed by atoms with Crippen LogP contribution in [0.1, 0.15) is 5.56 Å². The van der Waals surface area contributed by atoms with Gasteiger partial charge in [-0.25, -0.2) is 9.59 Å². The highest BCUT2D eigenvalue weighted by atomic mass is 16.5. The zero-order valence-corrected chi connectivity index (χ0v) is 12.9. The SMILES string of the molecule is COc1ccc(COCC2CNCCO2)cc1.O=C(O)C(=O)O. The number of morpholine rings is 1. The minimum Gasteiger partial charge on any atom is -0.497 e. The first-order valence-electron chi connectivity index (χ1n) is 7.02. The number of nitrogens with one attached hydrogen (secondary N) is 1. The molecule has 1 aliphatic rings. The lowest BCUT2D eigenvalue weighted by Gasteiger charge is -2.23. The van der Waals surface area contributed by atoms with Gasteiger partial charge < -0.3 is 29.7 Å². The van der Waals surface area contributed by atoms with Gasteiger partial charge in [0.2, 0.25) is 0 Å². The highest BCUT2D eigenvalue weighted by Gasteiger charge is 2.12. The highest BCUT2D eigenvalue weighted by molar-refractivity contribution is 6.27. The largest absolute Gasteiger partial charge is 0.497 e. The molecule has 1 saturated heterocycles. The third kappa shape index (κ3) is 8.15. The average molecular weight is 327 g/mol. The van der Waals surface area contributed by atoms with Gasteiger partial charge in [0.1, 0.15) is 5.75 Å². The van der Waals surface area contributed by atoms with Crippen molar-refractivity contribution in [3.63, 3.8) is 0 Å². The number of rotatable bonds is 5. The van der Waals surface area contributed by atoms with Gasteiger partial charge in [0, 0.05) is 13.1 Å². The molecule has 128 valence electrons. The number of ether oxygens (including phenoxy) is 3. The summed E-state index contributed by atoms with van der Waals surface area (Å²) in [5.74, 6) is -2.78. The quantitative estimate of drug-likeness (QED) is 0.664. The van der Waals surface area contributed by atoms with Crippen molar-refractivity contribution in [3.8, 4) is 5.75 Å². The summed E-state index contributed by atoms with van der Waals surface area (Å²) in [4.78, 5) is 18.2. The van der Waals surface area contributed by atoms with Gasteiger partial charge in [-0.1, -0.05) is 12.1 Å². The van der Waals surface area contributed by atoms with Crippen LogP contribution in [-0.2, 0) is 25.7 Å². The van der Waals surface area contributed by atoms with E-state index in [4.69, 9.17) is 34.0 Å². The Bertz CT molecular complexity index is 471. The number of hydrogen-bond acceptors (Lipinski definition) is 6. The maximum atomic E-state index is 9.10. The zero-order chi connectivity index (χ0) is 17.1. The standard InChI is InChI=1S/C13H19NO3.C2H2O4/c1-15-12-4-2-11(3-5-12)9-16-10-13-8-14-6-7-17-13;3-1(4)2(5)6/h2-5,13-14H,6-10H2,1H3;(H,3,4)(H,5,6). The summed E-state index contributed by atoms with van der Waals surface area (Å²) in [6.07, 6.45) is 0.182. The van der Waals surface area contributed by atoms with E-state index in [-0.39, 0.29) is 6.10 Å². The van der Waals surface area contributed by atoms with Crippen molar-refractivity contribution in [1.29, 1.82) is 0 Å². The maximum Gasteiger partial charge on any atom is 0.414 e. The van der Waals surface area contributed by atoms with Crippen LogP contribution in [0.25, 0.3) is 0 Å². The minimum absolute atomic E-state index is 0.182. The molecule has 1 fully saturated rings. The van der Waals surface area contributed by atoms with Crippen molar-refractivity contribution >= 4 is 11.9 Å². The number of carbonyl (C=O) groups is 2. The normalized spacial score (nSPS) is 16.8. The van der Waals surface area contributed by atoms with E-state index in [1.807, 2.05) is 24.3 Å². The average Bonchev–Trinajstić information content (AvgIpc) is 2.57. The Balaban J connectivity index is 0.000000379. The van der Waals surface area contributed by atoms with Gasteiger partial charge in [0.15, 0.2) is 0 Å². The zero-order valence-electron chi connectivity index (χ0n) is 12.9. The second kappa shape index (κ2) is 10.5. The number of aliphatic carboxylic acids is 2. The Morgan fingerprint density at radius 2 is 1.91 bits per heavy atom. The molecule has 1 heterocycles. The lowest BCUT2D eigenvalue weighted by molar-refractivity contribution is -0.159. The Morgan fingerprint density at radius 1 is 1.26 bits per heavy atom. The molecule has 0 aromatic heterocycles. The van der Waals surface area contributed by atoms with Crippen LogP contribution >= 0.6 is 0 Å². The number of methoxy groups -OCH3 is 1. The third-order valence-corrected chi connectivity index (χ3v) is 2.92. The fraction of sp³-hybridized carbons (Fsp3) is 0.467. The molecule has 23 heavy (non-hydrogen) atoms. The topological polar surface area (TPSA) is 114 Å². The summed E-state index contributed by atoms with van der Waals surface area (Å²) in [5.41, 5.74) is 1.15. The van der Waals surface area contributed by atoms with Gasteiger partial charge in [0.25, 0.3) is 0 Å². The summed E-state index contributed by atoms with van der Waals surface area (Å²) in [7, 11) is 1.67. The molecule has 0 radical (unpaired) electrons. The van der Waals surface area contributed by atoms with Gasteiger partial charge in [-0.3, -0.25) is 0 Å². The molecule has 2 rings (SSSR count). The van der Waals surface area contributed by atoms with Crippen LogP contribution in [0.4, 0.5) is 0 Å². The molecule has 8 heteroatoms. The van der Waals surface area contributed by atoms with Crippen LogP contribution in [-0.4, -0.2) is 61.7 Å². The van der Waals surface area contributed by atoms with Crippen LogP contribution in [0.3, 0.4) is 0 Å². The van der Waals surface area contributed by atoms with E-state index in [0.717, 1.165) is 31.0 Å². The van der Waals surface area contributed by atoms with E-state index in [2.05, 4.69) is 5.32 Å². The van der Waals surface area contributed by atoms with Crippen LogP contribution in [0.5, 0.6) is 5.75 Å². The smallest absolute Gasteiger partial charge is 0.414 e. The Morgan fingerprint density at radius 3 is 2.39 bits per heavy atom. The second-order valence-corrected chi connectivity index (χ2v) is 4.67. The number of carboxylic acid groups (broad SMARTS) is 2. The number of benzene rings is 1. The first-order valence-corrected chi connectivity index (χ1v) is 7.02. The van der Waals surface area contributed by atoms with Crippen LogP contribution < -0.4 is 10.1 Å². The summed E-state index contributed by atoms with van der Waals surface area (Å²) in [5, 5.41) is 18.1. The lowest BCUT2D eigenvalue weighted by Crippen LogP contribution is -2.40. The van der Waals surface area contributed by atoms with Crippen molar-refractivity contribution < 1.29 is 34.0 Å². The fourth-order valence-electron chi connectivity index (χ4n) is 1.76. The molecule has 0 spiro atoms. The molecule has 1 aliphatic heterocycles. The summed E-state index contributed by atoms with van der Waals surface area (Å²) >= 11 is 0. The Labute approximate surface area is 134 Å². The van der Waals surface area contributed by atoms with Gasteiger partial charge >= 0.3 is 11.9 Å². The molecule has 3 N–H and O–H groups in total. The van der Waals surface area contributed by atoms with E-state index < -0.39 is 11.9 Å². The molecular weight excluding hydrogens is 306 g/mol. The van der Waals surface area contributed by atoms with Gasteiger partial charge in [-0.2, -0.15) is 0 Å². The molecule has 0 amide bonds. The molecule has 0 bridgehead atoms. The fourth-order valence-corrected chi connectivity index (χ4v) is 1.76. The summed E-state index contributed by atoms with van der Waals surface area (Å²) < 4.78 is 16.3. The molecule has 0 aliphatic carbocycles. The highest BCUT2D eigenvalue weighted by Crippen LogP contribution is 2.12. The number of carboxylic acids is 2. The van der Waals surface area contributed by atoms with Crippen molar-refractivity contribution in [1.82, 2.24) is 5.32 Å². The number of hydrogen-bond donors (Lipinski definition) is 3. The van der Waals surface area contributed by atoms with Crippen molar-refractivity contribution in [2.75, 3.05) is 33.4 Å². The van der Waals surface area contributed by atoms with E-state index in [9.17, 15) is 0 Å². The molecule has 1 atom stereocenters. The maximum absolute atomic E-state index is 9.10. The second-order valence-electron chi connectivity index (χ2n) is 4.67. The van der Waals surface area contributed by atoms with Gasteiger partial charge in [0.05, 0.1) is 33.0 Å². The van der Waals surface area contributed by atoms with E-state index in [1.54, 1.807) is 7.11 Å². The van der Waals surface area contributed by atoms with Crippen LogP contribution in [0.2, 0.25) is 0 Å². The van der Waals surface area contributed by atoms with Crippen molar-refractivity contribution in [2.45, 2.75) is 12.7 Å². The molecule has 8 nitrogen and oxygen atoms in total. The summed E-state index contributed by atoms with van der Waals surface area (Å²) in [6.45, 7) is 3.84. The molecule has 1 aromatic rings. The van der Waals surface area contributed by atoms with Crippen molar-refractivity contribution in [3.05, 3.63) is 29.8 Å². The first kappa shape index (κ1) is 18.9. The molecule has 0 saturated carbocycles. The molecule has 1 unspecified atom stereocenters. The first-order chi connectivity index (χ1) is 11.0. The van der Waals surface area contributed by atoms with Gasteiger partial charge in [-0.05, 0) is 17.7 Å². The molecular formula is C15H21NO7. The Kier molecular flexibility index (Phi) is 8.66. The predicted octanol–water partition coefficient (Wildman–Crippen LogP) is 0.356. The lowest BCUT2D eigenvalue weighted by atomic mass is 10.2. The summed E-state index contributed by atoms with van der Waals surface area (Å²) in [6, 6.07) is 7.91. The minimum atomic E-state index is -1.82. The predicted molar refractivity (Wildman–Crippen MR) is 80.5 cm³/mol. The Hall–Kier alpha value is -2.16. The van der Waals surface area contributed by atoms with E-state index >= 15 is 0 Å². The van der Waals surface area contributed by atoms with Gasteiger partial charge in [-0.15, -0.1) is 0 Å². The molecule has 1 aromatic carbocycles. The van der Waals surface area contributed by atoms with Crippen LogP contribution in [0, 0.1) is 0 Å². The monoisotopic (exact) mass is 327 g/mol. The third-order valence-electron chi connectivity index (χ3n) is 2.92. The van der Waals surface area contributed by atoms with E-state index in [0.29, 0.717) is 13.2 Å². The van der Waals surface area contributed by atoms with Crippen molar-refractivity contribution in [2.24, 2.45) is 0 Å².